The molecule has 80 valence electrons. The zero-order valence-electron chi connectivity index (χ0n) is 8.27. The number of nitrogen functional groups attached to an aromatic ring is 1. The topological polar surface area (TPSA) is 72.6 Å². The fraction of sp³-hybridized carbons (Fsp3) is 0.364. The summed E-state index contributed by atoms with van der Waals surface area (Å²) < 4.78 is 5.59. The van der Waals surface area contributed by atoms with Crippen LogP contribution in [-0.2, 0) is 11.2 Å². The summed E-state index contributed by atoms with van der Waals surface area (Å²) in [5.41, 5.74) is 7.44. The Hall–Kier alpha value is -1.71. The van der Waals surface area contributed by atoms with Gasteiger partial charge in [0.2, 0.25) is 0 Å². The monoisotopic (exact) mass is 207 g/mol. The van der Waals surface area contributed by atoms with E-state index in [1.165, 1.54) is 0 Å². The molecule has 0 bridgehead atoms. The summed E-state index contributed by atoms with van der Waals surface area (Å²) in [5.74, 6) is 0.0497. The molecule has 4 heteroatoms. The summed E-state index contributed by atoms with van der Waals surface area (Å²) in [6, 6.07) is 5.51. The van der Waals surface area contributed by atoms with Crippen molar-refractivity contribution in [3.05, 3.63) is 23.8 Å². The van der Waals surface area contributed by atoms with Gasteiger partial charge in [0.15, 0.2) is 0 Å². The molecule has 0 spiro atoms. The molecule has 0 amide bonds. The number of hydrogen-bond acceptors (Lipinski definition) is 3. The van der Waals surface area contributed by atoms with E-state index in [0.717, 1.165) is 23.4 Å². The van der Waals surface area contributed by atoms with Crippen molar-refractivity contribution in [2.75, 3.05) is 5.73 Å². The predicted molar refractivity (Wildman–Crippen MR) is 55.8 cm³/mol. The standard InChI is InChI=1S/C11H13NO3/c12-8-1-3-10-7(5-8)6-9(15-10)2-4-11(13)14/h1,3,5,9H,2,4,6,12H2,(H,13,14). The van der Waals surface area contributed by atoms with E-state index in [1.807, 2.05) is 12.1 Å². The molecule has 1 aromatic carbocycles. The lowest BCUT2D eigenvalue weighted by atomic mass is 10.1. The van der Waals surface area contributed by atoms with Crippen LogP contribution in [0.2, 0.25) is 0 Å². The quantitative estimate of drug-likeness (QED) is 0.735. The molecule has 1 unspecified atom stereocenters. The fourth-order valence-electron chi connectivity index (χ4n) is 1.79. The molecule has 1 heterocycles. The normalized spacial score (nSPS) is 18.3. The van der Waals surface area contributed by atoms with E-state index in [4.69, 9.17) is 15.6 Å². The van der Waals surface area contributed by atoms with Gasteiger partial charge in [-0.2, -0.15) is 0 Å². The number of carboxylic acids is 1. The van der Waals surface area contributed by atoms with E-state index in [1.54, 1.807) is 6.07 Å². The number of rotatable bonds is 3. The molecule has 1 aromatic rings. The number of anilines is 1. The van der Waals surface area contributed by atoms with Crippen LogP contribution in [0.4, 0.5) is 5.69 Å². The van der Waals surface area contributed by atoms with Gasteiger partial charge in [0.05, 0.1) is 0 Å². The van der Waals surface area contributed by atoms with Gasteiger partial charge in [0, 0.05) is 18.5 Å². The van der Waals surface area contributed by atoms with E-state index >= 15 is 0 Å². The van der Waals surface area contributed by atoms with Crippen molar-refractivity contribution in [2.45, 2.75) is 25.4 Å². The number of aliphatic carboxylic acids is 1. The van der Waals surface area contributed by atoms with Crippen LogP contribution in [0.5, 0.6) is 5.75 Å². The molecule has 4 nitrogen and oxygen atoms in total. The minimum Gasteiger partial charge on any atom is -0.490 e. The summed E-state index contributed by atoms with van der Waals surface area (Å²) >= 11 is 0. The number of nitrogens with two attached hydrogens (primary N) is 1. The van der Waals surface area contributed by atoms with Crippen molar-refractivity contribution in [2.24, 2.45) is 0 Å². The minimum absolute atomic E-state index is 0.0158. The van der Waals surface area contributed by atoms with E-state index < -0.39 is 5.97 Å². The molecule has 0 fully saturated rings. The molecule has 0 saturated heterocycles. The number of fused-ring (bicyclic) bond motifs is 1. The van der Waals surface area contributed by atoms with Crippen molar-refractivity contribution in [3.8, 4) is 5.75 Å². The van der Waals surface area contributed by atoms with Crippen molar-refractivity contribution in [3.63, 3.8) is 0 Å². The third-order valence-electron chi connectivity index (χ3n) is 2.51. The number of carboxylic acid groups (broad SMARTS) is 1. The summed E-state index contributed by atoms with van der Waals surface area (Å²) in [5, 5.41) is 8.56. The van der Waals surface area contributed by atoms with Gasteiger partial charge in [0.25, 0.3) is 0 Å². The summed E-state index contributed by atoms with van der Waals surface area (Å²) in [7, 11) is 0. The molecular formula is C11H13NO3. The number of hydrogen-bond donors (Lipinski definition) is 2. The van der Waals surface area contributed by atoms with Gasteiger partial charge >= 0.3 is 5.97 Å². The zero-order chi connectivity index (χ0) is 10.8. The Morgan fingerprint density at radius 2 is 2.40 bits per heavy atom. The molecule has 1 aliphatic heterocycles. The first-order valence-electron chi connectivity index (χ1n) is 4.92. The van der Waals surface area contributed by atoms with E-state index in [-0.39, 0.29) is 12.5 Å². The Kier molecular flexibility index (Phi) is 2.49. The van der Waals surface area contributed by atoms with Crippen LogP contribution in [0.25, 0.3) is 0 Å². The Morgan fingerprint density at radius 1 is 1.60 bits per heavy atom. The Morgan fingerprint density at radius 3 is 3.13 bits per heavy atom. The van der Waals surface area contributed by atoms with Crippen LogP contribution in [0.3, 0.4) is 0 Å². The van der Waals surface area contributed by atoms with Gasteiger partial charge < -0.3 is 15.6 Å². The molecule has 0 aromatic heterocycles. The highest BCUT2D eigenvalue weighted by Gasteiger charge is 2.23. The highest BCUT2D eigenvalue weighted by molar-refractivity contribution is 5.66. The molecule has 0 saturated carbocycles. The molecule has 1 atom stereocenters. The van der Waals surface area contributed by atoms with Crippen LogP contribution in [0.15, 0.2) is 18.2 Å². The third kappa shape index (κ3) is 2.21. The van der Waals surface area contributed by atoms with Gasteiger partial charge in [0.1, 0.15) is 11.9 Å². The second kappa shape index (κ2) is 3.81. The van der Waals surface area contributed by atoms with Crippen LogP contribution in [0, 0.1) is 0 Å². The molecular weight excluding hydrogens is 194 g/mol. The first-order chi connectivity index (χ1) is 7.15. The molecule has 3 N–H and O–H groups in total. The number of ether oxygens (including phenoxy) is 1. The Balaban J connectivity index is 2.00. The Bertz CT molecular complexity index is 389. The second-order valence-corrected chi connectivity index (χ2v) is 3.74. The maximum Gasteiger partial charge on any atom is 0.303 e. The van der Waals surface area contributed by atoms with E-state index in [0.29, 0.717) is 6.42 Å². The zero-order valence-corrected chi connectivity index (χ0v) is 8.27. The summed E-state index contributed by atoms with van der Waals surface area (Å²) in [6.07, 6.45) is 1.43. The highest BCUT2D eigenvalue weighted by atomic mass is 16.5. The summed E-state index contributed by atoms with van der Waals surface area (Å²) in [6.45, 7) is 0. The Labute approximate surface area is 87.7 Å². The van der Waals surface area contributed by atoms with E-state index in [9.17, 15) is 4.79 Å². The largest absolute Gasteiger partial charge is 0.490 e. The average Bonchev–Trinajstić information content (AvgIpc) is 2.56. The minimum atomic E-state index is -0.783. The lowest BCUT2D eigenvalue weighted by molar-refractivity contribution is -0.137. The molecule has 1 aliphatic rings. The van der Waals surface area contributed by atoms with Crippen LogP contribution in [-0.4, -0.2) is 17.2 Å². The maximum absolute atomic E-state index is 10.4. The molecule has 2 rings (SSSR count). The first kappa shape index (κ1) is 9.83. The van der Waals surface area contributed by atoms with Crippen molar-refractivity contribution in [1.82, 2.24) is 0 Å². The van der Waals surface area contributed by atoms with E-state index in [2.05, 4.69) is 0 Å². The first-order valence-corrected chi connectivity index (χ1v) is 4.92. The van der Waals surface area contributed by atoms with Gasteiger partial charge in [-0.05, 0) is 30.2 Å². The van der Waals surface area contributed by atoms with Crippen LogP contribution in [0.1, 0.15) is 18.4 Å². The predicted octanol–water partition coefficient (Wildman–Crippen LogP) is 1.44. The highest BCUT2D eigenvalue weighted by Crippen LogP contribution is 2.31. The van der Waals surface area contributed by atoms with Crippen LogP contribution < -0.4 is 10.5 Å². The van der Waals surface area contributed by atoms with Crippen LogP contribution >= 0.6 is 0 Å². The second-order valence-electron chi connectivity index (χ2n) is 3.74. The molecule has 0 radical (unpaired) electrons. The van der Waals surface area contributed by atoms with Gasteiger partial charge in [-0.25, -0.2) is 0 Å². The fourth-order valence-corrected chi connectivity index (χ4v) is 1.79. The molecule has 0 aliphatic carbocycles. The van der Waals surface area contributed by atoms with Gasteiger partial charge in [-0.1, -0.05) is 0 Å². The SMILES string of the molecule is Nc1ccc2c(c1)CC(CCC(=O)O)O2. The van der Waals surface area contributed by atoms with Gasteiger partial charge in [-0.3, -0.25) is 4.79 Å². The lowest BCUT2D eigenvalue weighted by Crippen LogP contribution is -2.14. The van der Waals surface area contributed by atoms with Crippen molar-refractivity contribution >= 4 is 11.7 Å². The third-order valence-corrected chi connectivity index (χ3v) is 2.51. The maximum atomic E-state index is 10.4. The van der Waals surface area contributed by atoms with Gasteiger partial charge in [-0.15, -0.1) is 0 Å². The molecule has 15 heavy (non-hydrogen) atoms. The summed E-state index contributed by atoms with van der Waals surface area (Å²) in [4.78, 5) is 10.4. The number of carbonyl (C=O) groups is 1. The average molecular weight is 207 g/mol. The van der Waals surface area contributed by atoms with Crippen molar-refractivity contribution in [1.29, 1.82) is 0 Å². The smallest absolute Gasteiger partial charge is 0.303 e. The van der Waals surface area contributed by atoms with Crippen molar-refractivity contribution < 1.29 is 14.6 Å². The number of benzene rings is 1. The lowest BCUT2D eigenvalue weighted by Gasteiger charge is -2.07.